The Labute approximate surface area is 474 Å². The molecule has 1 heteroatoms. The monoisotopic (exact) mass is 1040 g/mol. The minimum absolute atomic E-state index is 1.16. The lowest BCUT2D eigenvalue weighted by Crippen LogP contribution is -1.95. The third kappa shape index (κ3) is 7.88. The van der Waals surface area contributed by atoms with Crippen LogP contribution in [0.4, 0.5) is 0 Å². The van der Waals surface area contributed by atoms with Crippen LogP contribution in [0.2, 0.25) is 0 Å². The summed E-state index contributed by atoms with van der Waals surface area (Å²) in [6, 6.07) is 113. The molecule has 0 unspecified atom stereocenters. The Morgan fingerprint density at radius 2 is 0.531 bits per heavy atom. The predicted octanol–water partition coefficient (Wildman–Crippen LogP) is 23.2. The summed E-state index contributed by atoms with van der Waals surface area (Å²) in [5, 5.41) is 16.3. The van der Waals surface area contributed by atoms with E-state index in [1.54, 1.807) is 0 Å². The maximum Gasteiger partial charge on any atom is 0.0367 e. The van der Waals surface area contributed by atoms with Gasteiger partial charge in [-0.3, -0.25) is 0 Å². The van der Waals surface area contributed by atoms with Crippen molar-refractivity contribution in [1.29, 1.82) is 0 Å². The number of thiophene rings is 1. The molecular weight excluding hydrogens is 993 g/mol. The summed E-state index contributed by atoms with van der Waals surface area (Å²) in [5.74, 6) is 0. The molecule has 15 aromatic carbocycles. The fraction of sp³-hybridized carbons (Fsp3) is 0. The van der Waals surface area contributed by atoms with Gasteiger partial charge in [0.25, 0.3) is 0 Å². The van der Waals surface area contributed by atoms with Gasteiger partial charge in [0, 0.05) is 15.1 Å². The highest BCUT2D eigenvalue weighted by atomic mass is 32.1. The van der Waals surface area contributed by atoms with E-state index in [9.17, 15) is 0 Å². The molecule has 1 aromatic heterocycles. The Morgan fingerprint density at radius 1 is 0.173 bits per heavy atom. The quantitative estimate of drug-likeness (QED) is 0.105. The van der Waals surface area contributed by atoms with Crippen LogP contribution >= 0.6 is 11.3 Å². The van der Waals surface area contributed by atoms with Gasteiger partial charge in [-0.2, -0.15) is 0 Å². The lowest BCUT2D eigenvalue weighted by Gasteiger charge is -2.21. The van der Waals surface area contributed by atoms with Crippen molar-refractivity contribution in [3.05, 3.63) is 303 Å². The van der Waals surface area contributed by atoms with Crippen LogP contribution in [-0.4, -0.2) is 0 Å². The van der Waals surface area contributed by atoms with Gasteiger partial charge in [0.15, 0.2) is 0 Å². The average Bonchev–Trinajstić information content (AvgIpc) is 4.20. The number of benzene rings is 15. The zero-order valence-electron chi connectivity index (χ0n) is 44.3. The van der Waals surface area contributed by atoms with E-state index in [4.69, 9.17) is 0 Å². The van der Waals surface area contributed by atoms with Gasteiger partial charge in [0.2, 0.25) is 0 Å². The summed E-state index contributed by atoms with van der Waals surface area (Å²) in [7, 11) is 0. The summed E-state index contributed by atoms with van der Waals surface area (Å²) in [6.45, 7) is 0. The first-order valence-electron chi connectivity index (χ1n) is 28.0. The summed E-state index contributed by atoms with van der Waals surface area (Å²) in [6.07, 6.45) is 0. The molecular formula is C80H50S. The molecule has 0 N–H and O–H groups in total. The van der Waals surface area contributed by atoms with Crippen molar-refractivity contribution in [3.8, 4) is 88.3 Å². The van der Waals surface area contributed by atoms with Crippen LogP contribution in [0.25, 0.3) is 163 Å². The second kappa shape index (κ2) is 19.3. The second-order valence-corrected chi connectivity index (χ2v) is 22.5. The maximum absolute atomic E-state index is 2.45. The van der Waals surface area contributed by atoms with Crippen LogP contribution in [0, 0.1) is 0 Å². The minimum Gasteiger partial charge on any atom is -0.135 e. The van der Waals surface area contributed by atoms with E-state index in [0.717, 1.165) is 11.1 Å². The molecule has 16 rings (SSSR count). The van der Waals surface area contributed by atoms with Gasteiger partial charge in [-0.15, -0.1) is 11.3 Å². The van der Waals surface area contributed by atoms with E-state index in [1.165, 1.54) is 152 Å². The van der Waals surface area contributed by atoms with Crippen LogP contribution in [0.1, 0.15) is 0 Å². The molecule has 0 aliphatic heterocycles. The topological polar surface area (TPSA) is 0 Å². The zero-order chi connectivity index (χ0) is 53.4. The van der Waals surface area contributed by atoms with Gasteiger partial charge in [-0.1, -0.05) is 261 Å². The lowest BCUT2D eigenvalue weighted by atomic mass is 9.82. The highest BCUT2D eigenvalue weighted by Gasteiger charge is 2.23. The first kappa shape index (κ1) is 46.9. The van der Waals surface area contributed by atoms with Gasteiger partial charge < -0.3 is 0 Å². The third-order valence-electron chi connectivity index (χ3n) is 16.8. The van der Waals surface area contributed by atoms with Crippen molar-refractivity contribution >= 4 is 86.1 Å². The number of hydrogen-bond acceptors (Lipinski definition) is 1. The van der Waals surface area contributed by atoms with Crippen LogP contribution in [0.3, 0.4) is 0 Å². The Kier molecular flexibility index (Phi) is 11.2. The van der Waals surface area contributed by atoms with Gasteiger partial charge in [-0.05, 0) is 190 Å². The predicted molar refractivity (Wildman–Crippen MR) is 350 cm³/mol. The van der Waals surface area contributed by atoms with Crippen molar-refractivity contribution in [2.24, 2.45) is 0 Å². The largest absolute Gasteiger partial charge is 0.135 e. The Bertz CT molecular complexity index is 4950. The van der Waals surface area contributed by atoms with Crippen LogP contribution < -0.4 is 0 Å². The molecule has 0 saturated heterocycles. The van der Waals surface area contributed by atoms with Gasteiger partial charge >= 0.3 is 0 Å². The third-order valence-corrected chi connectivity index (χ3v) is 17.9. The van der Waals surface area contributed by atoms with Crippen LogP contribution in [0.15, 0.2) is 303 Å². The smallest absolute Gasteiger partial charge is 0.0367 e. The molecule has 16 aromatic rings. The molecule has 0 amide bonds. The molecule has 0 fully saturated rings. The SMILES string of the molecule is c1ccc(-c2cc(-c3cccc(-c4c5ccccc5c(-c5ccc6ccc7ccccc7c6c5)c5ccccc45)c3)cc(-c3ccccc3)c2-c2cccc(-c3c4ccccc4c(-c4cc5ccccc5s4)c4ccccc34)c2)cc1. The fourth-order valence-corrected chi connectivity index (χ4v) is 14.3. The molecule has 0 atom stereocenters. The van der Waals surface area contributed by atoms with Crippen molar-refractivity contribution < 1.29 is 0 Å². The first-order valence-corrected chi connectivity index (χ1v) is 28.8. The number of rotatable bonds is 8. The maximum atomic E-state index is 2.45. The molecule has 376 valence electrons. The second-order valence-electron chi connectivity index (χ2n) is 21.4. The molecule has 0 nitrogen and oxygen atoms in total. The van der Waals surface area contributed by atoms with E-state index in [0.29, 0.717) is 0 Å². The molecule has 1 heterocycles. The molecule has 0 spiro atoms. The van der Waals surface area contributed by atoms with E-state index < -0.39 is 0 Å². The molecule has 0 bridgehead atoms. The highest BCUT2D eigenvalue weighted by Crippen LogP contribution is 2.50. The van der Waals surface area contributed by atoms with E-state index >= 15 is 0 Å². The Balaban J connectivity index is 0.888. The standard InChI is InChI=1S/C80H50S/c1-3-21-51(22-4-1)72-48-61(55-27-19-28-57(45-55)76-63-32-10-12-34-65(63)78(66-35-13-11-33-64(66)76)60-44-43-54-42-41-53-25-7-9-31-62(53)71(54)47-60)49-73(52-23-5-2-6-24-52)79(72)59-30-20-29-58(46-59)77-67-36-14-16-38-69(67)80(70-39-17-15-37-68(70)77)75-50-56-26-8-18-40-74(56)81-75/h1-50H. The van der Waals surface area contributed by atoms with Crippen molar-refractivity contribution in [3.63, 3.8) is 0 Å². The van der Waals surface area contributed by atoms with Crippen LogP contribution in [0.5, 0.6) is 0 Å². The number of fused-ring (bicyclic) bond motifs is 8. The first-order chi connectivity index (χ1) is 40.2. The normalized spacial score (nSPS) is 11.7. The summed E-state index contributed by atoms with van der Waals surface area (Å²) in [5.41, 5.74) is 18.1. The summed E-state index contributed by atoms with van der Waals surface area (Å²) >= 11 is 1.88. The highest BCUT2D eigenvalue weighted by molar-refractivity contribution is 7.22. The average molecular weight is 1040 g/mol. The van der Waals surface area contributed by atoms with Crippen LogP contribution in [-0.2, 0) is 0 Å². The summed E-state index contributed by atoms with van der Waals surface area (Å²) < 4.78 is 1.30. The van der Waals surface area contributed by atoms with Crippen molar-refractivity contribution in [2.75, 3.05) is 0 Å². The molecule has 0 radical (unpaired) electrons. The zero-order valence-corrected chi connectivity index (χ0v) is 45.1. The van der Waals surface area contributed by atoms with Gasteiger partial charge in [0.1, 0.15) is 0 Å². The minimum atomic E-state index is 1.16. The molecule has 0 saturated carbocycles. The Hall–Kier alpha value is -10.2. The molecule has 0 aliphatic carbocycles. The van der Waals surface area contributed by atoms with Crippen molar-refractivity contribution in [1.82, 2.24) is 0 Å². The fourth-order valence-electron chi connectivity index (χ4n) is 13.2. The molecule has 0 aliphatic rings. The van der Waals surface area contributed by atoms with E-state index in [2.05, 4.69) is 303 Å². The number of hydrogen-bond donors (Lipinski definition) is 0. The van der Waals surface area contributed by atoms with E-state index in [1.807, 2.05) is 11.3 Å². The van der Waals surface area contributed by atoms with Gasteiger partial charge in [0.05, 0.1) is 0 Å². The Morgan fingerprint density at radius 3 is 1.04 bits per heavy atom. The molecule has 81 heavy (non-hydrogen) atoms. The summed E-state index contributed by atoms with van der Waals surface area (Å²) in [4.78, 5) is 1.29. The van der Waals surface area contributed by atoms with Crippen molar-refractivity contribution in [2.45, 2.75) is 0 Å². The van der Waals surface area contributed by atoms with Gasteiger partial charge in [-0.25, -0.2) is 0 Å². The van der Waals surface area contributed by atoms with E-state index in [-0.39, 0.29) is 0 Å². The lowest BCUT2D eigenvalue weighted by molar-refractivity contribution is 1.54.